The van der Waals surface area contributed by atoms with Crippen molar-refractivity contribution in [2.24, 2.45) is 0 Å². The van der Waals surface area contributed by atoms with Gasteiger partial charge in [-0.1, -0.05) is 6.42 Å². The maximum Gasteiger partial charge on any atom is 0.231 e. The van der Waals surface area contributed by atoms with Crippen molar-refractivity contribution in [1.29, 1.82) is 0 Å². The topological polar surface area (TPSA) is 34.6 Å². The first-order valence-electron chi connectivity index (χ1n) is 7.45. The molecule has 0 unspecified atom stereocenters. The molecule has 21 heavy (non-hydrogen) atoms. The standard InChI is InChI=1S/C16H18N2O2S/c1-2-6-18(7-3-1)9-16-17-13(10-21-16)12-4-5-14-15(8-12)20-11-19-14/h4-5,8,10H,1-3,6-7,9,11H2. The van der Waals surface area contributed by atoms with E-state index >= 15 is 0 Å². The molecule has 1 aromatic carbocycles. The quantitative estimate of drug-likeness (QED) is 0.869. The molecule has 5 heteroatoms. The summed E-state index contributed by atoms with van der Waals surface area (Å²) in [4.78, 5) is 7.29. The number of aromatic nitrogens is 1. The minimum atomic E-state index is 0.316. The van der Waals surface area contributed by atoms with Crippen molar-refractivity contribution in [3.63, 3.8) is 0 Å². The SMILES string of the molecule is c1cc2c(cc1-c1csc(CN3CCCCC3)n1)OCO2. The first kappa shape index (κ1) is 13.1. The summed E-state index contributed by atoms with van der Waals surface area (Å²) in [5, 5.41) is 3.33. The Balaban J connectivity index is 1.51. The van der Waals surface area contributed by atoms with Gasteiger partial charge in [0.25, 0.3) is 0 Å². The van der Waals surface area contributed by atoms with E-state index in [1.54, 1.807) is 11.3 Å². The molecule has 2 aliphatic rings. The van der Waals surface area contributed by atoms with E-state index in [0.29, 0.717) is 6.79 Å². The van der Waals surface area contributed by atoms with Gasteiger partial charge in [0, 0.05) is 10.9 Å². The van der Waals surface area contributed by atoms with E-state index in [2.05, 4.69) is 10.3 Å². The number of benzene rings is 1. The van der Waals surface area contributed by atoms with E-state index in [0.717, 1.165) is 29.3 Å². The van der Waals surface area contributed by atoms with Crippen molar-refractivity contribution in [3.05, 3.63) is 28.6 Å². The van der Waals surface area contributed by atoms with Crippen LogP contribution in [0.5, 0.6) is 11.5 Å². The molecule has 0 saturated carbocycles. The van der Waals surface area contributed by atoms with Gasteiger partial charge in [-0.05, 0) is 44.1 Å². The largest absolute Gasteiger partial charge is 0.454 e. The average Bonchev–Trinajstić information content (AvgIpc) is 3.16. The molecule has 0 N–H and O–H groups in total. The average molecular weight is 302 g/mol. The summed E-state index contributed by atoms with van der Waals surface area (Å²) < 4.78 is 10.8. The fourth-order valence-corrected chi connectivity index (χ4v) is 3.73. The fourth-order valence-electron chi connectivity index (χ4n) is 2.88. The zero-order valence-corrected chi connectivity index (χ0v) is 12.7. The predicted octanol–water partition coefficient (Wildman–Crippen LogP) is 3.52. The van der Waals surface area contributed by atoms with Crippen LogP contribution in [-0.4, -0.2) is 29.8 Å². The van der Waals surface area contributed by atoms with Crippen LogP contribution in [0.3, 0.4) is 0 Å². The van der Waals surface area contributed by atoms with Gasteiger partial charge < -0.3 is 9.47 Å². The number of likely N-dealkylation sites (tertiary alicyclic amines) is 1. The first-order chi connectivity index (χ1) is 10.4. The van der Waals surface area contributed by atoms with Crippen LogP contribution in [0.25, 0.3) is 11.3 Å². The van der Waals surface area contributed by atoms with Crippen LogP contribution >= 0.6 is 11.3 Å². The third kappa shape index (κ3) is 2.76. The van der Waals surface area contributed by atoms with Crippen LogP contribution in [0.1, 0.15) is 24.3 Å². The van der Waals surface area contributed by atoms with E-state index in [-0.39, 0.29) is 0 Å². The Hall–Kier alpha value is -1.59. The minimum Gasteiger partial charge on any atom is -0.454 e. The Morgan fingerprint density at radius 3 is 2.86 bits per heavy atom. The van der Waals surface area contributed by atoms with Crippen molar-refractivity contribution in [3.8, 4) is 22.8 Å². The lowest BCUT2D eigenvalue weighted by atomic mass is 10.1. The Labute approximate surface area is 128 Å². The predicted molar refractivity (Wildman–Crippen MR) is 82.8 cm³/mol. The molecular weight excluding hydrogens is 284 g/mol. The molecule has 2 aliphatic heterocycles. The molecule has 0 amide bonds. The molecule has 0 aliphatic carbocycles. The molecule has 1 fully saturated rings. The number of piperidine rings is 1. The van der Waals surface area contributed by atoms with E-state index < -0.39 is 0 Å². The zero-order chi connectivity index (χ0) is 14.1. The molecule has 4 nitrogen and oxygen atoms in total. The fraction of sp³-hybridized carbons (Fsp3) is 0.438. The van der Waals surface area contributed by atoms with E-state index in [1.165, 1.54) is 37.4 Å². The number of nitrogens with zero attached hydrogens (tertiary/aromatic N) is 2. The smallest absolute Gasteiger partial charge is 0.231 e. The number of thiazole rings is 1. The Morgan fingerprint density at radius 2 is 1.95 bits per heavy atom. The minimum absolute atomic E-state index is 0.316. The Kier molecular flexibility index (Phi) is 3.53. The molecule has 0 bridgehead atoms. The zero-order valence-electron chi connectivity index (χ0n) is 11.9. The Morgan fingerprint density at radius 1 is 1.10 bits per heavy atom. The number of hydrogen-bond acceptors (Lipinski definition) is 5. The van der Waals surface area contributed by atoms with Gasteiger partial charge in [-0.2, -0.15) is 0 Å². The summed E-state index contributed by atoms with van der Waals surface area (Å²) in [6, 6.07) is 6.02. The van der Waals surface area contributed by atoms with Crippen LogP contribution in [0.4, 0.5) is 0 Å². The van der Waals surface area contributed by atoms with Gasteiger partial charge in [0.15, 0.2) is 11.5 Å². The molecular formula is C16H18N2O2S. The summed E-state index contributed by atoms with van der Waals surface area (Å²) in [7, 11) is 0. The van der Waals surface area contributed by atoms with Crippen molar-refractivity contribution >= 4 is 11.3 Å². The highest BCUT2D eigenvalue weighted by molar-refractivity contribution is 7.09. The summed E-state index contributed by atoms with van der Waals surface area (Å²) in [5.41, 5.74) is 2.13. The van der Waals surface area contributed by atoms with Gasteiger partial charge in [-0.3, -0.25) is 4.90 Å². The summed E-state index contributed by atoms with van der Waals surface area (Å²) in [5.74, 6) is 1.64. The van der Waals surface area contributed by atoms with Crippen LogP contribution in [0.2, 0.25) is 0 Å². The van der Waals surface area contributed by atoms with Crippen molar-refractivity contribution in [1.82, 2.24) is 9.88 Å². The van der Waals surface area contributed by atoms with E-state index in [1.807, 2.05) is 18.2 Å². The lowest BCUT2D eigenvalue weighted by molar-refractivity contribution is 0.174. The van der Waals surface area contributed by atoms with Gasteiger partial charge in [-0.25, -0.2) is 4.98 Å². The van der Waals surface area contributed by atoms with Gasteiger partial charge >= 0.3 is 0 Å². The lowest BCUT2D eigenvalue weighted by Crippen LogP contribution is -2.28. The molecule has 0 radical (unpaired) electrons. The summed E-state index contributed by atoms with van der Waals surface area (Å²) in [6.07, 6.45) is 4.01. The maximum atomic E-state index is 5.43. The normalized spacial score (nSPS) is 18.1. The number of rotatable bonds is 3. The molecule has 1 aromatic heterocycles. The summed E-state index contributed by atoms with van der Waals surface area (Å²) >= 11 is 1.75. The second-order valence-corrected chi connectivity index (χ2v) is 6.47. The van der Waals surface area contributed by atoms with Crippen LogP contribution in [-0.2, 0) is 6.54 Å². The number of ether oxygens (including phenoxy) is 2. The monoisotopic (exact) mass is 302 g/mol. The lowest BCUT2D eigenvalue weighted by Gasteiger charge is -2.25. The van der Waals surface area contributed by atoms with Crippen molar-refractivity contribution in [2.45, 2.75) is 25.8 Å². The summed E-state index contributed by atoms with van der Waals surface area (Å²) in [6.45, 7) is 3.71. The Bertz CT molecular complexity index is 635. The third-order valence-corrected chi connectivity index (χ3v) is 4.86. The molecule has 0 spiro atoms. The molecule has 1 saturated heterocycles. The third-order valence-electron chi connectivity index (χ3n) is 4.03. The second kappa shape index (κ2) is 5.66. The highest BCUT2D eigenvalue weighted by atomic mass is 32.1. The first-order valence-corrected chi connectivity index (χ1v) is 8.33. The number of fused-ring (bicyclic) bond motifs is 1. The van der Waals surface area contributed by atoms with Crippen molar-refractivity contribution < 1.29 is 9.47 Å². The van der Waals surface area contributed by atoms with Crippen LogP contribution in [0, 0.1) is 0 Å². The van der Waals surface area contributed by atoms with Crippen LogP contribution < -0.4 is 9.47 Å². The molecule has 4 rings (SSSR count). The maximum absolute atomic E-state index is 5.43. The molecule has 110 valence electrons. The second-order valence-electron chi connectivity index (χ2n) is 5.53. The molecule has 2 aromatic rings. The van der Waals surface area contributed by atoms with Gasteiger partial charge in [0.05, 0.1) is 12.2 Å². The van der Waals surface area contributed by atoms with Gasteiger partial charge in [-0.15, -0.1) is 11.3 Å². The highest BCUT2D eigenvalue weighted by Crippen LogP contribution is 2.36. The number of hydrogen-bond donors (Lipinski definition) is 0. The van der Waals surface area contributed by atoms with Gasteiger partial charge in [0.1, 0.15) is 5.01 Å². The molecule has 0 atom stereocenters. The van der Waals surface area contributed by atoms with Crippen molar-refractivity contribution in [2.75, 3.05) is 19.9 Å². The highest BCUT2D eigenvalue weighted by Gasteiger charge is 2.16. The molecule has 3 heterocycles. The van der Waals surface area contributed by atoms with Crippen LogP contribution in [0.15, 0.2) is 23.6 Å². The van der Waals surface area contributed by atoms with E-state index in [9.17, 15) is 0 Å². The van der Waals surface area contributed by atoms with Gasteiger partial charge in [0.2, 0.25) is 6.79 Å². The van der Waals surface area contributed by atoms with E-state index in [4.69, 9.17) is 14.5 Å².